The first-order valence-electron chi connectivity index (χ1n) is 13.8. The molecule has 1 unspecified atom stereocenters. The summed E-state index contributed by atoms with van der Waals surface area (Å²) in [7, 11) is 0. The van der Waals surface area contributed by atoms with E-state index in [2.05, 4.69) is 20.3 Å². The number of alkyl halides is 1. The molecule has 2 aromatic carbocycles. The number of benzene rings is 2. The molecule has 1 aliphatic rings. The molecule has 47 heavy (non-hydrogen) atoms. The van der Waals surface area contributed by atoms with E-state index >= 15 is 13.2 Å². The van der Waals surface area contributed by atoms with E-state index < -0.39 is 70.6 Å². The summed E-state index contributed by atoms with van der Waals surface area (Å²) in [6, 6.07) is 11.2. The first-order valence-corrected chi connectivity index (χ1v) is 14.9. The molecular formula is C30H24F4N7O5S-. The predicted molar refractivity (Wildman–Crippen MR) is 159 cm³/mol. The number of amides is 1. The van der Waals surface area contributed by atoms with Gasteiger partial charge in [0.1, 0.15) is 11.9 Å². The van der Waals surface area contributed by atoms with Crippen LogP contribution >= 0.6 is 0 Å². The Balaban J connectivity index is 1.44. The highest BCUT2D eigenvalue weighted by Crippen LogP contribution is 2.40. The Hall–Kier alpha value is -5.34. The van der Waals surface area contributed by atoms with Crippen LogP contribution in [0.1, 0.15) is 23.1 Å². The molecule has 0 spiro atoms. The van der Waals surface area contributed by atoms with Gasteiger partial charge in [-0.15, -0.1) is 0 Å². The van der Waals surface area contributed by atoms with Crippen molar-refractivity contribution in [2.24, 2.45) is 0 Å². The van der Waals surface area contributed by atoms with Crippen LogP contribution in [0.15, 0.2) is 54.9 Å². The van der Waals surface area contributed by atoms with Gasteiger partial charge in [-0.25, -0.2) is 32.9 Å². The molecule has 17 heteroatoms. The molecule has 1 fully saturated rings. The molecule has 0 saturated carbocycles. The predicted octanol–water partition coefficient (Wildman–Crippen LogP) is 5.23. The molecule has 3 heterocycles. The number of aromatic nitrogens is 3. The lowest BCUT2D eigenvalue weighted by Gasteiger charge is -2.33. The first kappa shape index (κ1) is 33.0. The van der Waals surface area contributed by atoms with Gasteiger partial charge in [-0.05, 0) is 42.8 Å². The molecule has 2 aromatic heterocycles. The van der Waals surface area contributed by atoms with Crippen molar-refractivity contribution in [3.05, 3.63) is 89.0 Å². The van der Waals surface area contributed by atoms with E-state index in [0.29, 0.717) is 4.31 Å². The van der Waals surface area contributed by atoms with Crippen molar-refractivity contribution in [2.45, 2.75) is 32.1 Å². The maximum Gasteiger partial charge on any atom is 0.407 e. The van der Waals surface area contributed by atoms with Crippen LogP contribution in [-0.4, -0.2) is 65.1 Å². The summed E-state index contributed by atoms with van der Waals surface area (Å²) in [5, 5.41) is 21.1. The van der Waals surface area contributed by atoms with Crippen LogP contribution in [0.4, 0.5) is 34.0 Å². The molecule has 1 aliphatic heterocycles. The number of carboxylic acid groups (broad SMARTS) is 1. The zero-order chi connectivity index (χ0) is 33.8. The highest BCUT2D eigenvalue weighted by molar-refractivity contribution is 7.80. The number of hydrogen-bond donors (Lipinski definition) is 2. The molecule has 244 valence electrons. The maximum atomic E-state index is 15.7. The van der Waals surface area contributed by atoms with Gasteiger partial charge in [-0.2, -0.15) is 9.65 Å². The molecule has 5 rings (SSSR count). The number of nitrogens with zero attached hydrogens (tertiary/aromatic N) is 6. The summed E-state index contributed by atoms with van der Waals surface area (Å²) in [4.78, 5) is 24.8. The molecule has 12 nitrogen and oxygen atoms in total. The number of rotatable bonds is 9. The largest absolute Gasteiger partial charge is 0.755 e. The lowest BCUT2D eigenvalue weighted by atomic mass is 10.0. The van der Waals surface area contributed by atoms with Crippen LogP contribution in [0.2, 0.25) is 0 Å². The Morgan fingerprint density at radius 2 is 1.89 bits per heavy atom. The van der Waals surface area contributed by atoms with Crippen LogP contribution in [-0.2, 0) is 17.8 Å². The van der Waals surface area contributed by atoms with E-state index in [9.17, 15) is 23.1 Å². The minimum atomic E-state index is -3.24. The van der Waals surface area contributed by atoms with Crippen LogP contribution < -0.4 is 14.4 Å². The molecule has 2 N–H and O–H groups in total. The summed E-state index contributed by atoms with van der Waals surface area (Å²) >= 11 is -3.24. The first-order chi connectivity index (χ1) is 22.5. The normalized spacial score (nSPS) is 16.7. The van der Waals surface area contributed by atoms with E-state index in [-0.39, 0.29) is 53.7 Å². The molecule has 3 atom stereocenters. The fourth-order valence-corrected chi connectivity index (χ4v) is 5.53. The van der Waals surface area contributed by atoms with Gasteiger partial charge >= 0.3 is 6.09 Å². The van der Waals surface area contributed by atoms with Crippen molar-refractivity contribution in [2.75, 3.05) is 22.7 Å². The number of pyridine rings is 1. The van der Waals surface area contributed by atoms with Gasteiger partial charge in [-0.1, -0.05) is 12.1 Å². The quantitative estimate of drug-likeness (QED) is 0.137. The zero-order valence-electron chi connectivity index (χ0n) is 24.4. The van der Waals surface area contributed by atoms with Crippen molar-refractivity contribution in [3.8, 4) is 29.0 Å². The standard InChI is InChI=1S/C30H25F4N7O5S/c1-16-23(32)26(41(47(44)45)13-18-6-4-17(12-35)5-7-18)24(33)25(34)27(16)46-28-21(3-2-9-36-28)22-8-10-37-29(39-22)38-20-11-19(31)14-40(15-20)30(42)43/h2-10,19-20H,11,13-15H2,1H3,(H,42,43)(H,44,45)(H,37,38,39)/p-1/t19-,20-/m0/s1. The van der Waals surface area contributed by atoms with Crippen LogP contribution in [0.3, 0.4) is 0 Å². The number of ether oxygens (including phenoxy) is 1. The fourth-order valence-electron chi connectivity index (χ4n) is 4.96. The molecule has 1 saturated heterocycles. The lowest BCUT2D eigenvalue weighted by molar-refractivity contribution is 0.102. The zero-order valence-corrected chi connectivity index (χ0v) is 25.2. The number of piperidine rings is 1. The summed E-state index contributed by atoms with van der Waals surface area (Å²) in [5.74, 6) is -6.12. The van der Waals surface area contributed by atoms with Crippen molar-refractivity contribution in [1.29, 1.82) is 5.26 Å². The monoisotopic (exact) mass is 670 g/mol. The van der Waals surface area contributed by atoms with E-state index in [0.717, 1.165) is 11.8 Å². The highest BCUT2D eigenvalue weighted by Gasteiger charge is 2.31. The van der Waals surface area contributed by atoms with Crippen LogP contribution in [0, 0.1) is 35.7 Å². The van der Waals surface area contributed by atoms with Gasteiger partial charge < -0.3 is 24.6 Å². The second-order valence-electron chi connectivity index (χ2n) is 10.4. The number of carbonyl (C=O) groups is 1. The molecule has 1 amide bonds. The molecule has 0 bridgehead atoms. The molecule has 0 radical (unpaired) electrons. The fraction of sp³-hybridized carbons (Fsp3) is 0.233. The van der Waals surface area contributed by atoms with Gasteiger partial charge in [-0.3, -0.25) is 8.51 Å². The van der Waals surface area contributed by atoms with Gasteiger partial charge in [0.2, 0.25) is 17.6 Å². The number of halogens is 4. The number of nitriles is 1. The van der Waals surface area contributed by atoms with Crippen molar-refractivity contribution in [1.82, 2.24) is 19.9 Å². The number of likely N-dealkylation sites (tertiary alicyclic amines) is 1. The third-order valence-electron chi connectivity index (χ3n) is 7.22. The van der Waals surface area contributed by atoms with Gasteiger partial charge in [0, 0.05) is 48.2 Å². The molecular weight excluding hydrogens is 646 g/mol. The molecule has 0 aliphatic carbocycles. The number of hydrogen-bond acceptors (Lipinski definition) is 9. The Morgan fingerprint density at radius 3 is 2.57 bits per heavy atom. The minimum absolute atomic E-state index is 0.00906. The number of nitrogens with one attached hydrogen (secondary N) is 1. The minimum Gasteiger partial charge on any atom is -0.755 e. The summed E-state index contributed by atoms with van der Waals surface area (Å²) in [5.41, 5.74) is -0.870. The van der Waals surface area contributed by atoms with E-state index in [1.54, 1.807) is 0 Å². The van der Waals surface area contributed by atoms with Crippen LogP contribution in [0.25, 0.3) is 11.3 Å². The topological polar surface area (TPSA) is 168 Å². The second-order valence-corrected chi connectivity index (χ2v) is 11.3. The molecule has 4 aromatic rings. The average Bonchev–Trinajstić information content (AvgIpc) is 3.05. The van der Waals surface area contributed by atoms with Gasteiger partial charge in [0.05, 0.1) is 36.0 Å². The SMILES string of the molecule is Cc1c(F)c(N(Cc2ccc(C#N)cc2)S(=O)[O-])c(F)c(F)c1Oc1ncccc1-c1ccnc(N[C@H]2C[C@H](F)CN(C(=O)O)C2)n1. The second kappa shape index (κ2) is 14.0. The highest BCUT2D eigenvalue weighted by atomic mass is 32.2. The number of anilines is 2. The van der Waals surface area contributed by atoms with Crippen molar-refractivity contribution >= 4 is 29.0 Å². The Morgan fingerprint density at radius 1 is 1.15 bits per heavy atom. The van der Waals surface area contributed by atoms with Gasteiger partial charge in [0.25, 0.3) is 0 Å². The Bertz CT molecular complexity index is 1850. The third kappa shape index (κ3) is 7.23. The Kier molecular flexibility index (Phi) is 9.82. The van der Waals surface area contributed by atoms with Crippen LogP contribution in [0.5, 0.6) is 11.6 Å². The smallest absolute Gasteiger partial charge is 0.407 e. The van der Waals surface area contributed by atoms with Gasteiger partial charge in [0.15, 0.2) is 17.4 Å². The summed E-state index contributed by atoms with van der Waals surface area (Å²) < 4.78 is 90.9. The Labute approximate surface area is 267 Å². The van der Waals surface area contributed by atoms with E-state index in [4.69, 9.17) is 10.00 Å². The van der Waals surface area contributed by atoms with E-state index in [1.807, 2.05) is 6.07 Å². The summed E-state index contributed by atoms with van der Waals surface area (Å²) in [6.07, 6.45) is -0.0417. The lowest BCUT2D eigenvalue weighted by Crippen LogP contribution is -2.49. The third-order valence-corrected chi connectivity index (χ3v) is 7.89. The van der Waals surface area contributed by atoms with E-state index in [1.165, 1.54) is 54.9 Å². The van der Waals surface area contributed by atoms with Crippen molar-refractivity contribution in [3.63, 3.8) is 0 Å². The van der Waals surface area contributed by atoms with Crippen molar-refractivity contribution < 1.29 is 41.0 Å². The average molecular weight is 671 g/mol. The maximum absolute atomic E-state index is 15.7. The summed E-state index contributed by atoms with van der Waals surface area (Å²) in [6.45, 7) is 0.237.